The number of nitrogens with zero attached hydrogens (tertiary/aromatic N) is 2. The Kier molecular flexibility index (Phi) is 3.35. The van der Waals surface area contributed by atoms with E-state index >= 15 is 0 Å². The summed E-state index contributed by atoms with van der Waals surface area (Å²) in [5.74, 6) is -0.724. The molecule has 1 heterocycles. The van der Waals surface area contributed by atoms with Gasteiger partial charge in [-0.3, -0.25) is 0 Å². The molecule has 0 saturated heterocycles. The van der Waals surface area contributed by atoms with E-state index in [-0.39, 0.29) is 12.2 Å². The van der Waals surface area contributed by atoms with Crippen molar-refractivity contribution in [3.8, 4) is 0 Å². The maximum atomic E-state index is 10.6. The van der Waals surface area contributed by atoms with Crippen molar-refractivity contribution in [2.24, 2.45) is 0 Å². The Hall–Kier alpha value is -1.69. The Labute approximate surface area is 80.6 Å². The lowest BCUT2D eigenvalue weighted by atomic mass is 10.2. The van der Waals surface area contributed by atoms with Gasteiger partial charge in [-0.25, -0.2) is 14.8 Å². The summed E-state index contributed by atoms with van der Waals surface area (Å²) in [6.07, 6.45) is 1.24. The maximum Gasteiger partial charge on any atom is 0.339 e. The molecular weight excluding hydrogens is 186 g/mol. The first-order chi connectivity index (χ1) is 6.65. The zero-order valence-electron chi connectivity index (χ0n) is 7.69. The minimum atomic E-state index is -1.05. The molecule has 0 atom stereocenters. The summed E-state index contributed by atoms with van der Waals surface area (Å²) >= 11 is 0. The molecular formula is C8H11N3O3. The Morgan fingerprint density at radius 3 is 2.86 bits per heavy atom. The Morgan fingerprint density at radius 2 is 2.36 bits per heavy atom. The second kappa shape index (κ2) is 4.52. The minimum Gasteiger partial charge on any atom is -0.478 e. The highest BCUT2D eigenvalue weighted by Crippen LogP contribution is 2.06. The van der Waals surface area contributed by atoms with E-state index in [0.29, 0.717) is 18.2 Å². The van der Waals surface area contributed by atoms with E-state index in [2.05, 4.69) is 15.3 Å². The largest absolute Gasteiger partial charge is 0.478 e. The fourth-order valence-corrected chi connectivity index (χ4v) is 0.930. The van der Waals surface area contributed by atoms with Crippen LogP contribution in [0.3, 0.4) is 0 Å². The van der Waals surface area contributed by atoms with Gasteiger partial charge in [0.25, 0.3) is 0 Å². The standard InChI is InChI=1S/C8H11N3O3/c1-5-6(7(13)14)4-10-8(11-5)9-2-3-12/h4,12H,2-3H2,1H3,(H,13,14)(H,9,10,11). The quantitative estimate of drug-likeness (QED) is 0.623. The van der Waals surface area contributed by atoms with Crippen molar-refractivity contribution in [2.45, 2.75) is 6.92 Å². The van der Waals surface area contributed by atoms with Crippen molar-refractivity contribution in [2.75, 3.05) is 18.5 Å². The number of aromatic nitrogens is 2. The molecule has 0 radical (unpaired) electrons. The molecule has 0 spiro atoms. The third-order valence-electron chi connectivity index (χ3n) is 1.60. The average molecular weight is 197 g/mol. The van der Waals surface area contributed by atoms with E-state index in [1.165, 1.54) is 6.20 Å². The highest BCUT2D eigenvalue weighted by Gasteiger charge is 2.09. The summed E-state index contributed by atoms with van der Waals surface area (Å²) in [7, 11) is 0. The van der Waals surface area contributed by atoms with Crippen LogP contribution in [0.4, 0.5) is 5.95 Å². The predicted molar refractivity (Wildman–Crippen MR) is 49.3 cm³/mol. The first kappa shape index (κ1) is 10.4. The van der Waals surface area contributed by atoms with Gasteiger partial charge in [-0.1, -0.05) is 0 Å². The average Bonchev–Trinajstić information content (AvgIpc) is 2.14. The third kappa shape index (κ3) is 2.40. The third-order valence-corrected chi connectivity index (χ3v) is 1.60. The molecule has 0 fully saturated rings. The molecule has 0 saturated carbocycles. The number of carboxylic acids is 1. The van der Waals surface area contributed by atoms with Crippen molar-refractivity contribution < 1.29 is 15.0 Å². The number of anilines is 1. The van der Waals surface area contributed by atoms with Crippen LogP contribution in [0.1, 0.15) is 16.1 Å². The van der Waals surface area contributed by atoms with E-state index in [4.69, 9.17) is 10.2 Å². The van der Waals surface area contributed by atoms with Crippen LogP contribution in [0.15, 0.2) is 6.20 Å². The number of hydrogen-bond acceptors (Lipinski definition) is 5. The summed E-state index contributed by atoms with van der Waals surface area (Å²) < 4.78 is 0. The van der Waals surface area contributed by atoms with Crippen LogP contribution in [-0.4, -0.2) is 39.3 Å². The molecule has 0 aliphatic rings. The van der Waals surface area contributed by atoms with Crippen LogP contribution in [0.25, 0.3) is 0 Å². The topological polar surface area (TPSA) is 95.3 Å². The second-order valence-electron chi connectivity index (χ2n) is 2.65. The Bertz CT molecular complexity index is 341. The molecule has 1 aromatic heterocycles. The van der Waals surface area contributed by atoms with Gasteiger partial charge < -0.3 is 15.5 Å². The van der Waals surface area contributed by atoms with Gasteiger partial charge in [0, 0.05) is 12.7 Å². The fourth-order valence-electron chi connectivity index (χ4n) is 0.930. The molecule has 0 aliphatic carbocycles. The molecule has 6 heteroatoms. The van der Waals surface area contributed by atoms with Crippen LogP contribution < -0.4 is 5.32 Å². The number of nitrogens with one attached hydrogen (secondary N) is 1. The van der Waals surface area contributed by atoms with Crippen LogP contribution in [-0.2, 0) is 0 Å². The molecule has 14 heavy (non-hydrogen) atoms. The van der Waals surface area contributed by atoms with Gasteiger partial charge in [-0.2, -0.15) is 0 Å². The molecule has 0 unspecified atom stereocenters. The normalized spacial score (nSPS) is 9.86. The number of aromatic carboxylic acids is 1. The number of aliphatic hydroxyl groups excluding tert-OH is 1. The SMILES string of the molecule is Cc1nc(NCCO)ncc1C(=O)O. The first-order valence-electron chi connectivity index (χ1n) is 4.07. The monoisotopic (exact) mass is 197 g/mol. The Morgan fingerprint density at radius 1 is 1.64 bits per heavy atom. The maximum absolute atomic E-state index is 10.6. The smallest absolute Gasteiger partial charge is 0.339 e. The summed E-state index contributed by atoms with van der Waals surface area (Å²) in [6.45, 7) is 1.91. The van der Waals surface area contributed by atoms with Gasteiger partial charge in [-0.15, -0.1) is 0 Å². The van der Waals surface area contributed by atoms with Gasteiger partial charge >= 0.3 is 5.97 Å². The van der Waals surface area contributed by atoms with Crippen molar-refractivity contribution >= 4 is 11.9 Å². The number of hydrogen-bond donors (Lipinski definition) is 3. The van der Waals surface area contributed by atoms with Crippen LogP contribution in [0, 0.1) is 6.92 Å². The molecule has 0 bridgehead atoms. The van der Waals surface area contributed by atoms with Gasteiger partial charge in [0.2, 0.25) is 5.95 Å². The van der Waals surface area contributed by atoms with Gasteiger partial charge in [-0.05, 0) is 6.92 Å². The van der Waals surface area contributed by atoms with Crippen LogP contribution in [0.2, 0.25) is 0 Å². The molecule has 3 N–H and O–H groups in total. The van der Waals surface area contributed by atoms with Crippen LogP contribution >= 0.6 is 0 Å². The van der Waals surface area contributed by atoms with Gasteiger partial charge in [0.1, 0.15) is 0 Å². The lowest BCUT2D eigenvalue weighted by molar-refractivity contribution is 0.0695. The Balaban J connectivity index is 2.83. The van der Waals surface area contributed by atoms with E-state index in [1.807, 2.05) is 0 Å². The molecule has 1 rings (SSSR count). The van der Waals surface area contributed by atoms with Crippen molar-refractivity contribution in [3.63, 3.8) is 0 Å². The highest BCUT2D eigenvalue weighted by atomic mass is 16.4. The van der Waals surface area contributed by atoms with E-state index < -0.39 is 5.97 Å². The summed E-state index contributed by atoms with van der Waals surface area (Å²) in [5, 5.41) is 20.0. The lowest BCUT2D eigenvalue weighted by Crippen LogP contribution is -2.11. The predicted octanol–water partition coefficient (Wildman–Crippen LogP) is -0.113. The van der Waals surface area contributed by atoms with Gasteiger partial charge in [0.15, 0.2) is 0 Å². The molecule has 6 nitrogen and oxygen atoms in total. The molecule has 1 aromatic rings. The molecule has 0 amide bonds. The van der Waals surface area contributed by atoms with E-state index in [0.717, 1.165) is 0 Å². The number of aryl methyl sites for hydroxylation is 1. The number of aliphatic hydroxyl groups is 1. The lowest BCUT2D eigenvalue weighted by Gasteiger charge is -2.04. The molecule has 76 valence electrons. The van der Waals surface area contributed by atoms with E-state index in [1.54, 1.807) is 6.92 Å². The van der Waals surface area contributed by atoms with Crippen molar-refractivity contribution in [3.05, 3.63) is 17.5 Å². The van der Waals surface area contributed by atoms with E-state index in [9.17, 15) is 4.79 Å². The number of rotatable bonds is 4. The van der Waals surface area contributed by atoms with Crippen LogP contribution in [0.5, 0.6) is 0 Å². The number of carboxylic acid groups (broad SMARTS) is 1. The first-order valence-corrected chi connectivity index (χ1v) is 4.07. The highest BCUT2D eigenvalue weighted by molar-refractivity contribution is 5.88. The fraction of sp³-hybridized carbons (Fsp3) is 0.375. The zero-order chi connectivity index (χ0) is 10.6. The van der Waals surface area contributed by atoms with Crippen molar-refractivity contribution in [1.82, 2.24) is 9.97 Å². The molecule has 0 aliphatic heterocycles. The second-order valence-corrected chi connectivity index (χ2v) is 2.65. The summed E-state index contributed by atoms with van der Waals surface area (Å²) in [5.41, 5.74) is 0.479. The van der Waals surface area contributed by atoms with Crippen molar-refractivity contribution in [1.29, 1.82) is 0 Å². The number of carbonyl (C=O) groups is 1. The minimum absolute atomic E-state index is 0.0247. The summed E-state index contributed by atoms with van der Waals surface area (Å²) in [4.78, 5) is 18.3. The molecule has 0 aromatic carbocycles. The van der Waals surface area contributed by atoms with Gasteiger partial charge in [0.05, 0.1) is 17.9 Å². The zero-order valence-corrected chi connectivity index (χ0v) is 7.69. The summed E-state index contributed by atoms with van der Waals surface area (Å²) in [6, 6.07) is 0.